The molecule has 2 N–H and O–H groups in total. The molecule has 0 spiro atoms. The molecule has 1 aliphatic carbocycles. The largest absolute Gasteiger partial charge is 0.497 e. The first-order valence-electron chi connectivity index (χ1n) is 9.57. The lowest BCUT2D eigenvalue weighted by atomic mass is 9.83. The van der Waals surface area contributed by atoms with Crippen LogP contribution in [0, 0.1) is 5.41 Å². The number of aliphatic imine (C=N–C) groups is 1. The SMILES string of the molecule is CN=C(NCc1cc(OC)ccc1OC(F)F)NCC1(CCOC)CCCC1. The van der Waals surface area contributed by atoms with Crippen LogP contribution in [0.25, 0.3) is 0 Å². The Morgan fingerprint density at radius 3 is 2.57 bits per heavy atom. The number of hydrogen-bond donors (Lipinski definition) is 2. The summed E-state index contributed by atoms with van der Waals surface area (Å²) in [6.45, 7) is -1.06. The first-order valence-corrected chi connectivity index (χ1v) is 9.57. The van der Waals surface area contributed by atoms with Crippen LogP contribution in [0.4, 0.5) is 8.78 Å². The summed E-state index contributed by atoms with van der Waals surface area (Å²) in [4.78, 5) is 4.25. The van der Waals surface area contributed by atoms with Crippen molar-refractivity contribution >= 4 is 5.96 Å². The third kappa shape index (κ3) is 6.51. The lowest BCUT2D eigenvalue weighted by Crippen LogP contribution is -2.43. The number of nitrogens with one attached hydrogen (secondary N) is 2. The van der Waals surface area contributed by atoms with Crippen LogP contribution < -0.4 is 20.1 Å². The quantitative estimate of drug-likeness (QED) is 0.465. The minimum absolute atomic E-state index is 0.117. The van der Waals surface area contributed by atoms with Crippen LogP contribution in [0.3, 0.4) is 0 Å². The first-order chi connectivity index (χ1) is 13.5. The van der Waals surface area contributed by atoms with Gasteiger partial charge in [-0.15, -0.1) is 0 Å². The van der Waals surface area contributed by atoms with Crippen LogP contribution in [-0.4, -0.2) is 47.0 Å². The molecule has 0 bridgehead atoms. The fourth-order valence-electron chi connectivity index (χ4n) is 3.66. The molecule has 0 aromatic heterocycles. The van der Waals surface area contributed by atoms with Gasteiger partial charge in [-0.1, -0.05) is 12.8 Å². The van der Waals surface area contributed by atoms with Gasteiger partial charge in [-0.2, -0.15) is 8.78 Å². The van der Waals surface area contributed by atoms with Gasteiger partial charge in [0.2, 0.25) is 0 Å². The molecule has 0 amide bonds. The van der Waals surface area contributed by atoms with Gasteiger partial charge in [0.25, 0.3) is 0 Å². The van der Waals surface area contributed by atoms with Crippen LogP contribution in [-0.2, 0) is 11.3 Å². The van der Waals surface area contributed by atoms with Gasteiger partial charge in [-0.3, -0.25) is 4.99 Å². The highest BCUT2D eigenvalue weighted by atomic mass is 19.3. The molecule has 8 heteroatoms. The Hall–Kier alpha value is -2.09. The predicted octanol–water partition coefficient (Wildman–Crippen LogP) is 3.56. The maximum Gasteiger partial charge on any atom is 0.387 e. The van der Waals surface area contributed by atoms with E-state index in [0.29, 0.717) is 17.3 Å². The zero-order chi connectivity index (χ0) is 20.4. The summed E-state index contributed by atoms with van der Waals surface area (Å²) in [5.74, 6) is 1.31. The second-order valence-electron chi connectivity index (χ2n) is 7.08. The first kappa shape index (κ1) is 22.2. The normalized spacial score (nSPS) is 16.3. The average Bonchev–Trinajstić information content (AvgIpc) is 3.16. The molecule has 0 saturated heterocycles. The second kappa shape index (κ2) is 11.0. The zero-order valence-electron chi connectivity index (χ0n) is 16.9. The highest BCUT2D eigenvalue weighted by molar-refractivity contribution is 5.79. The summed E-state index contributed by atoms with van der Waals surface area (Å²) >= 11 is 0. The van der Waals surface area contributed by atoms with Gasteiger partial charge in [-0.25, -0.2) is 0 Å². The molecule has 0 heterocycles. The summed E-state index contributed by atoms with van der Waals surface area (Å²) in [5, 5.41) is 6.56. The predicted molar refractivity (Wildman–Crippen MR) is 105 cm³/mol. The van der Waals surface area contributed by atoms with E-state index in [1.54, 1.807) is 26.3 Å². The molecule has 1 aromatic carbocycles. The minimum Gasteiger partial charge on any atom is -0.497 e. The summed E-state index contributed by atoms with van der Waals surface area (Å²) < 4.78 is 40.4. The van der Waals surface area contributed by atoms with Crippen LogP contribution in [0.5, 0.6) is 11.5 Å². The third-order valence-corrected chi connectivity index (χ3v) is 5.29. The molecular weight excluding hydrogens is 368 g/mol. The number of nitrogens with zero attached hydrogens (tertiary/aromatic N) is 1. The fourth-order valence-corrected chi connectivity index (χ4v) is 3.66. The van der Waals surface area contributed by atoms with E-state index in [1.807, 2.05) is 0 Å². The molecule has 0 radical (unpaired) electrons. The van der Waals surface area contributed by atoms with Gasteiger partial charge in [0.15, 0.2) is 5.96 Å². The van der Waals surface area contributed by atoms with Gasteiger partial charge < -0.3 is 24.8 Å². The monoisotopic (exact) mass is 399 g/mol. The molecule has 28 heavy (non-hydrogen) atoms. The van der Waals surface area contributed by atoms with Crippen LogP contribution in [0.15, 0.2) is 23.2 Å². The van der Waals surface area contributed by atoms with Crippen molar-refractivity contribution in [3.05, 3.63) is 23.8 Å². The van der Waals surface area contributed by atoms with E-state index in [9.17, 15) is 8.78 Å². The highest BCUT2D eigenvalue weighted by Gasteiger charge is 2.33. The Bertz CT molecular complexity index is 635. The Morgan fingerprint density at radius 1 is 1.21 bits per heavy atom. The number of hydrogen-bond acceptors (Lipinski definition) is 4. The van der Waals surface area contributed by atoms with Crippen molar-refractivity contribution in [1.82, 2.24) is 10.6 Å². The van der Waals surface area contributed by atoms with E-state index in [1.165, 1.54) is 38.9 Å². The van der Waals surface area contributed by atoms with Crippen molar-refractivity contribution in [1.29, 1.82) is 0 Å². The standard InChI is InChI=1S/C20H31F2N3O3/c1-23-19(25-14-20(10-11-26-2)8-4-5-9-20)24-13-15-12-16(27-3)6-7-17(15)28-18(21)22/h6-7,12,18H,4-5,8-11,13-14H2,1-3H3,(H2,23,24,25). The highest BCUT2D eigenvalue weighted by Crippen LogP contribution is 2.40. The lowest BCUT2D eigenvalue weighted by Gasteiger charge is -2.30. The van der Waals surface area contributed by atoms with Crippen molar-refractivity contribution in [2.24, 2.45) is 10.4 Å². The molecule has 1 fully saturated rings. The molecule has 2 rings (SSSR count). The minimum atomic E-state index is -2.88. The summed E-state index contributed by atoms with van der Waals surface area (Å²) in [6.07, 6.45) is 5.81. The topological polar surface area (TPSA) is 64.1 Å². The van der Waals surface area contributed by atoms with E-state index in [0.717, 1.165) is 19.6 Å². The molecule has 158 valence electrons. The third-order valence-electron chi connectivity index (χ3n) is 5.29. The van der Waals surface area contributed by atoms with E-state index >= 15 is 0 Å². The number of ether oxygens (including phenoxy) is 3. The summed E-state index contributed by atoms with van der Waals surface area (Å²) in [7, 11) is 4.94. The number of methoxy groups -OCH3 is 2. The van der Waals surface area contributed by atoms with E-state index in [-0.39, 0.29) is 17.7 Å². The molecule has 6 nitrogen and oxygen atoms in total. The van der Waals surface area contributed by atoms with Crippen molar-refractivity contribution in [3.8, 4) is 11.5 Å². The van der Waals surface area contributed by atoms with E-state index < -0.39 is 6.61 Å². The molecule has 0 unspecified atom stereocenters. The molecule has 1 saturated carbocycles. The number of benzene rings is 1. The zero-order valence-corrected chi connectivity index (χ0v) is 16.9. The number of guanidine groups is 1. The molecule has 0 atom stereocenters. The van der Waals surface area contributed by atoms with Gasteiger partial charge >= 0.3 is 6.61 Å². The van der Waals surface area contributed by atoms with Crippen molar-refractivity contribution in [2.75, 3.05) is 34.4 Å². The van der Waals surface area contributed by atoms with Gasteiger partial charge in [0.05, 0.1) is 7.11 Å². The Labute approximate surface area is 165 Å². The van der Waals surface area contributed by atoms with Gasteiger partial charge in [0, 0.05) is 39.4 Å². The second-order valence-corrected chi connectivity index (χ2v) is 7.08. The Morgan fingerprint density at radius 2 is 1.96 bits per heavy atom. The van der Waals surface area contributed by atoms with Gasteiger partial charge in [-0.05, 0) is 42.9 Å². The molecule has 0 aliphatic heterocycles. The van der Waals surface area contributed by atoms with Crippen molar-refractivity contribution < 1.29 is 23.0 Å². The van der Waals surface area contributed by atoms with Crippen LogP contribution >= 0.6 is 0 Å². The van der Waals surface area contributed by atoms with Crippen LogP contribution in [0.2, 0.25) is 0 Å². The smallest absolute Gasteiger partial charge is 0.387 e. The average molecular weight is 399 g/mol. The fraction of sp³-hybridized carbons (Fsp3) is 0.650. The van der Waals surface area contributed by atoms with E-state index in [2.05, 4.69) is 20.4 Å². The maximum absolute atomic E-state index is 12.7. The Kier molecular flexibility index (Phi) is 8.76. The molecule has 1 aliphatic rings. The molecular formula is C20H31F2N3O3. The summed E-state index contributed by atoms with van der Waals surface area (Å²) in [6, 6.07) is 4.75. The van der Waals surface area contributed by atoms with Crippen LogP contribution in [0.1, 0.15) is 37.7 Å². The van der Waals surface area contributed by atoms with Crippen molar-refractivity contribution in [3.63, 3.8) is 0 Å². The number of rotatable bonds is 10. The van der Waals surface area contributed by atoms with Gasteiger partial charge in [0.1, 0.15) is 11.5 Å². The number of halogens is 2. The van der Waals surface area contributed by atoms with E-state index in [4.69, 9.17) is 9.47 Å². The molecule has 1 aromatic rings. The maximum atomic E-state index is 12.7. The number of alkyl halides is 2. The van der Waals surface area contributed by atoms with Crippen molar-refractivity contribution in [2.45, 2.75) is 45.3 Å². The lowest BCUT2D eigenvalue weighted by molar-refractivity contribution is -0.0505. The summed E-state index contributed by atoms with van der Waals surface area (Å²) in [5.41, 5.74) is 0.783. The Balaban J connectivity index is 1.98.